The highest BCUT2D eigenvalue weighted by Crippen LogP contribution is 2.30. The molecule has 4 nitrogen and oxygen atoms in total. The summed E-state index contributed by atoms with van der Waals surface area (Å²) in [6, 6.07) is 3.05. The monoisotopic (exact) mass is 393 g/mol. The van der Waals surface area contributed by atoms with E-state index >= 15 is 0 Å². The first-order valence-electron chi connectivity index (χ1n) is 6.85. The van der Waals surface area contributed by atoms with Crippen LogP contribution in [0.2, 0.25) is 0 Å². The molecule has 0 N–H and O–H groups in total. The summed E-state index contributed by atoms with van der Waals surface area (Å²) in [4.78, 5) is 14.3. The van der Waals surface area contributed by atoms with Gasteiger partial charge in [0.15, 0.2) is 0 Å². The van der Waals surface area contributed by atoms with Crippen molar-refractivity contribution in [1.82, 2.24) is 4.90 Å². The minimum atomic E-state index is -3.90. The Morgan fingerprint density at radius 3 is 2.29 bits per heavy atom. The molecule has 1 aliphatic rings. The number of amides is 1. The van der Waals surface area contributed by atoms with Gasteiger partial charge in [0.25, 0.3) is 15.0 Å². The fraction of sp³-hybridized carbons (Fsp3) is 0.500. The van der Waals surface area contributed by atoms with Gasteiger partial charge < -0.3 is 4.90 Å². The topological polar surface area (TPSA) is 54.5 Å². The van der Waals surface area contributed by atoms with Crippen LogP contribution in [0.15, 0.2) is 21.5 Å². The van der Waals surface area contributed by atoms with E-state index < -0.39 is 9.05 Å². The second-order valence-electron chi connectivity index (χ2n) is 5.25. The van der Waals surface area contributed by atoms with Crippen molar-refractivity contribution in [3.05, 3.63) is 27.7 Å². The van der Waals surface area contributed by atoms with Gasteiger partial charge in [-0.05, 0) is 53.4 Å². The average Bonchev–Trinajstić information content (AvgIpc) is 2.68. The minimum Gasteiger partial charge on any atom is -0.339 e. The molecule has 1 aromatic carbocycles. The van der Waals surface area contributed by atoms with Gasteiger partial charge in [-0.3, -0.25) is 4.79 Å². The van der Waals surface area contributed by atoms with Crippen LogP contribution in [0.4, 0.5) is 0 Å². The van der Waals surface area contributed by atoms with Crippen molar-refractivity contribution in [2.75, 3.05) is 13.1 Å². The van der Waals surface area contributed by atoms with Crippen molar-refractivity contribution in [2.45, 2.75) is 37.5 Å². The maximum atomic E-state index is 12.6. The fourth-order valence-electron chi connectivity index (χ4n) is 2.49. The molecular formula is C14H17BrClNO3S. The average molecular weight is 395 g/mol. The third-order valence-electron chi connectivity index (χ3n) is 3.62. The second kappa shape index (κ2) is 6.67. The number of hydrogen-bond donors (Lipinski definition) is 0. The van der Waals surface area contributed by atoms with E-state index in [-0.39, 0.29) is 10.8 Å². The Kier molecular flexibility index (Phi) is 5.33. The molecule has 0 unspecified atom stereocenters. The first-order chi connectivity index (χ1) is 9.80. The lowest BCUT2D eigenvalue weighted by Gasteiger charge is -2.21. The predicted octanol–water partition coefficient (Wildman–Crippen LogP) is 3.70. The van der Waals surface area contributed by atoms with Crippen LogP contribution in [0.5, 0.6) is 0 Å². The summed E-state index contributed by atoms with van der Waals surface area (Å²) < 4.78 is 23.7. The third-order valence-corrected chi connectivity index (χ3v) is 6.29. The van der Waals surface area contributed by atoms with Crippen LogP contribution in [-0.4, -0.2) is 32.3 Å². The van der Waals surface area contributed by atoms with Crippen LogP contribution in [0.1, 0.15) is 41.6 Å². The van der Waals surface area contributed by atoms with Gasteiger partial charge in [0.2, 0.25) is 0 Å². The Hall–Kier alpha value is -0.590. The van der Waals surface area contributed by atoms with E-state index in [1.165, 1.54) is 6.07 Å². The van der Waals surface area contributed by atoms with Crippen LogP contribution < -0.4 is 0 Å². The lowest BCUT2D eigenvalue weighted by Crippen LogP contribution is -2.32. The van der Waals surface area contributed by atoms with Gasteiger partial charge in [0, 0.05) is 33.8 Å². The number of likely N-dealkylation sites (tertiary alicyclic amines) is 1. The molecule has 1 aliphatic heterocycles. The normalized spacial score (nSPS) is 16.6. The van der Waals surface area contributed by atoms with E-state index in [2.05, 4.69) is 15.9 Å². The van der Waals surface area contributed by atoms with Crippen molar-refractivity contribution in [3.8, 4) is 0 Å². The van der Waals surface area contributed by atoms with E-state index in [0.29, 0.717) is 15.6 Å². The van der Waals surface area contributed by atoms with Crippen LogP contribution in [0.25, 0.3) is 0 Å². The van der Waals surface area contributed by atoms with Crippen molar-refractivity contribution in [1.29, 1.82) is 0 Å². The van der Waals surface area contributed by atoms with E-state index in [9.17, 15) is 13.2 Å². The number of rotatable bonds is 2. The van der Waals surface area contributed by atoms with Crippen LogP contribution in [0.3, 0.4) is 0 Å². The molecule has 7 heteroatoms. The van der Waals surface area contributed by atoms with Gasteiger partial charge in [0.1, 0.15) is 0 Å². The molecule has 0 atom stereocenters. The summed E-state index contributed by atoms with van der Waals surface area (Å²) in [6.07, 6.45) is 4.23. The molecule has 1 fully saturated rings. The molecule has 0 spiro atoms. The summed E-state index contributed by atoms with van der Waals surface area (Å²) in [5.41, 5.74) is 1.05. The SMILES string of the molecule is Cc1cc(C(=O)N2CCCCCC2)cc(S(=O)(=O)Cl)c1Br. The Morgan fingerprint density at radius 2 is 1.76 bits per heavy atom. The minimum absolute atomic E-state index is 0.0534. The highest BCUT2D eigenvalue weighted by Gasteiger charge is 2.23. The van der Waals surface area contributed by atoms with Gasteiger partial charge in [-0.1, -0.05) is 12.8 Å². The molecule has 0 radical (unpaired) electrons. The molecule has 116 valence electrons. The van der Waals surface area contributed by atoms with Crippen molar-refractivity contribution in [2.24, 2.45) is 0 Å². The predicted molar refractivity (Wildman–Crippen MR) is 86.3 cm³/mol. The first kappa shape index (κ1) is 16.8. The summed E-state index contributed by atoms with van der Waals surface area (Å²) in [7, 11) is 1.55. The van der Waals surface area contributed by atoms with Gasteiger partial charge in [-0.25, -0.2) is 8.42 Å². The summed E-state index contributed by atoms with van der Waals surface area (Å²) in [5.74, 6) is -0.130. The molecule has 1 aromatic rings. The van der Waals surface area contributed by atoms with Gasteiger partial charge in [-0.15, -0.1) is 0 Å². The molecule has 0 aliphatic carbocycles. The number of hydrogen-bond acceptors (Lipinski definition) is 3. The Labute approximate surface area is 138 Å². The molecule has 1 saturated heterocycles. The molecule has 2 rings (SSSR count). The Morgan fingerprint density at radius 1 is 1.19 bits per heavy atom. The largest absolute Gasteiger partial charge is 0.339 e. The van der Waals surface area contributed by atoms with E-state index in [1.54, 1.807) is 17.9 Å². The maximum Gasteiger partial charge on any atom is 0.262 e. The quantitative estimate of drug-likeness (QED) is 0.719. The summed E-state index contributed by atoms with van der Waals surface area (Å²) in [6.45, 7) is 3.18. The van der Waals surface area contributed by atoms with E-state index in [0.717, 1.165) is 38.8 Å². The number of nitrogens with zero attached hydrogens (tertiary/aromatic N) is 1. The first-order valence-corrected chi connectivity index (χ1v) is 9.95. The molecule has 0 aromatic heterocycles. The molecule has 0 saturated carbocycles. The molecule has 1 amide bonds. The molecule has 0 bridgehead atoms. The third kappa shape index (κ3) is 3.99. The van der Waals surface area contributed by atoms with Gasteiger partial charge in [0.05, 0.1) is 4.90 Å². The van der Waals surface area contributed by atoms with Crippen molar-refractivity contribution < 1.29 is 13.2 Å². The number of carbonyl (C=O) groups is 1. The molecular weight excluding hydrogens is 378 g/mol. The van der Waals surface area contributed by atoms with Gasteiger partial charge in [-0.2, -0.15) is 0 Å². The maximum absolute atomic E-state index is 12.6. The van der Waals surface area contributed by atoms with Crippen LogP contribution >= 0.6 is 26.6 Å². The Balaban J connectivity index is 2.39. The zero-order valence-corrected chi connectivity index (χ0v) is 14.9. The van der Waals surface area contributed by atoms with E-state index in [1.807, 2.05) is 0 Å². The Bertz CT molecular complexity index is 652. The number of aryl methyl sites for hydroxylation is 1. The zero-order chi connectivity index (χ0) is 15.6. The van der Waals surface area contributed by atoms with E-state index in [4.69, 9.17) is 10.7 Å². The molecule has 21 heavy (non-hydrogen) atoms. The highest BCUT2D eigenvalue weighted by atomic mass is 79.9. The summed E-state index contributed by atoms with van der Waals surface area (Å²) >= 11 is 3.22. The zero-order valence-electron chi connectivity index (χ0n) is 11.7. The highest BCUT2D eigenvalue weighted by molar-refractivity contribution is 9.10. The number of halogens is 2. The summed E-state index contributed by atoms with van der Waals surface area (Å²) in [5, 5.41) is 0. The molecule has 1 heterocycles. The van der Waals surface area contributed by atoms with Crippen LogP contribution in [0, 0.1) is 6.92 Å². The van der Waals surface area contributed by atoms with Crippen molar-refractivity contribution >= 4 is 41.6 Å². The number of benzene rings is 1. The van der Waals surface area contributed by atoms with Crippen molar-refractivity contribution in [3.63, 3.8) is 0 Å². The second-order valence-corrected chi connectivity index (χ2v) is 8.58. The number of carbonyl (C=O) groups excluding carboxylic acids is 1. The fourth-order valence-corrected chi connectivity index (χ4v) is 4.65. The van der Waals surface area contributed by atoms with Gasteiger partial charge >= 0.3 is 0 Å². The lowest BCUT2D eigenvalue weighted by atomic mass is 10.1. The lowest BCUT2D eigenvalue weighted by molar-refractivity contribution is 0.0761. The smallest absolute Gasteiger partial charge is 0.262 e. The van der Waals surface area contributed by atoms with Crippen LogP contribution in [-0.2, 0) is 9.05 Å². The standard InChI is InChI=1S/C14H17BrClNO3S/c1-10-8-11(9-12(13(10)15)21(16,19)20)14(18)17-6-4-2-3-5-7-17/h8-9H,2-7H2,1H3.